The fourth-order valence-corrected chi connectivity index (χ4v) is 6.83. The third kappa shape index (κ3) is 5.04. The monoisotopic (exact) mass is 617 g/mol. The Balaban J connectivity index is 1.47. The van der Waals surface area contributed by atoms with Crippen molar-refractivity contribution in [1.29, 1.82) is 5.26 Å². The number of thiazole rings is 1. The molecule has 0 fully saturated rings. The largest absolute Gasteiger partial charge is 0.384 e. The van der Waals surface area contributed by atoms with Crippen LogP contribution in [0.25, 0.3) is 0 Å². The molecule has 5 rings (SSSR count). The number of aromatic nitrogens is 3. The molecule has 14 heteroatoms. The second-order valence-corrected chi connectivity index (χ2v) is 12.0. The Bertz CT molecular complexity index is 1500. The van der Waals surface area contributed by atoms with E-state index in [9.17, 15) is 14.9 Å². The second kappa shape index (κ2) is 10.7. The second-order valence-electron chi connectivity index (χ2n) is 8.01. The Labute approximate surface area is 231 Å². The van der Waals surface area contributed by atoms with E-state index < -0.39 is 11.7 Å². The summed E-state index contributed by atoms with van der Waals surface area (Å²) in [4.78, 5) is 31.0. The standard InChI is InChI=1S/C23H17BrFN7O2S3/c24-11-4-5-12(14(25)8-11)18-13(9-26)20(27)32(15-2-1-3-16(33)19(15)18)22-30-31-23(37-22)36-10-17(34)29-21-28-6-7-35-21/h4-8,18H,1-3,10,27H2,(H,28,29,34). The first-order valence-electron chi connectivity index (χ1n) is 10.9. The number of allylic oxidation sites excluding steroid dienone is 3. The number of rotatable bonds is 6. The predicted octanol–water partition coefficient (Wildman–Crippen LogP) is 4.93. The van der Waals surface area contributed by atoms with Crippen LogP contribution >= 0.6 is 50.4 Å². The minimum absolute atomic E-state index is 0.0717. The zero-order valence-corrected chi connectivity index (χ0v) is 22.9. The topological polar surface area (TPSA) is 138 Å². The first-order valence-corrected chi connectivity index (χ1v) is 14.4. The Morgan fingerprint density at radius 1 is 1.38 bits per heavy atom. The average Bonchev–Trinajstić information content (AvgIpc) is 3.55. The van der Waals surface area contributed by atoms with Crippen LogP contribution in [-0.2, 0) is 9.59 Å². The number of carbonyl (C=O) groups is 2. The summed E-state index contributed by atoms with van der Waals surface area (Å²) in [6, 6.07) is 6.64. The minimum atomic E-state index is -0.909. The molecule has 2 aliphatic rings. The summed E-state index contributed by atoms with van der Waals surface area (Å²) in [6.07, 6.45) is 3.00. The van der Waals surface area contributed by atoms with E-state index in [0.717, 1.165) is 0 Å². The van der Waals surface area contributed by atoms with Crippen LogP contribution in [0.4, 0.5) is 14.7 Å². The van der Waals surface area contributed by atoms with Gasteiger partial charge in [0.25, 0.3) is 0 Å². The number of amides is 1. The maximum atomic E-state index is 15.0. The van der Waals surface area contributed by atoms with Gasteiger partial charge in [-0.05, 0) is 25.0 Å². The van der Waals surface area contributed by atoms with E-state index in [4.69, 9.17) is 5.73 Å². The van der Waals surface area contributed by atoms with Crippen molar-refractivity contribution in [3.05, 3.63) is 68.3 Å². The summed E-state index contributed by atoms with van der Waals surface area (Å²) < 4.78 is 16.1. The van der Waals surface area contributed by atoms with Crippen molar-refractivity contribution in [3.8, 4) is 6.07 Å². The smallest absolute Gasteiger partial charge is 0.236 e. The van der Waals surface area contributed by atoms with Crippen LogP contribution in [0.5, 0.6) is 0 Å². The molecule has 3 heterocycles. The highest BCUT2D eigenvalue weighted by molar-refractivity contribution is 9.10. The Morgan fingerprint density at radius 2 is 2.22 bits per heavy atom. The van der Waals surface area contributed by atoms with E-state index in [2.05, 4.69) is 42.5 Å². The van der Waals surface area contributed by atoms with Gasteiger partial charge in [0.15, 0.2) is 15.3 Å². The lowest BCUT2D eigenvalue weighted by Crippen LogP contribution is -2.38. The number of nitrogens with one attached hydrogen (secondary N) is 1. The predicted molar refractivity (Wildman–Crippen MR) is 143 cm³/mol. The molecule has 37 heavy (non-hydrogen) atoms. The average molecular weight is 619 g/mol. The maximum absolute atomic E-state index is 15.0. The molecular formula is C23H17BrFN7O2S3. The van der Waals surface area contributed by atoms with Gasteiger partial charge >= 0.3 is 0 Å². The zero-order chi connectivity index (χ0) is 26.1. The highest BCUT2D eigenvalue weighted by Crippen LogP contribution is 2.47. The van der Waals surface area contributed by atoms with Crippen molar-refractivity contribution in [2.24, 2.45) is 5.73 Å². The van der Waals surface area contributed by atoms with Gasteiger partial charge in [-0.2, -0.15) is 5.26 Å². The normalized spacial score (nSPS) is 17.6. The highest BCUT2D eigenvalue weighted by atomic mass is 79.9. The van der Waals surface area contributed by atoms with Crippen molar-refractivity contribution in [3.63, 3.8) is 0 Å². The van der Waals surface area contributed by atoms with Crippen LogP contribution in [-0.4, -0.2) is 32.6 Å². The van der Waals surface area contributed by atoms with Gasteiger partial charge in [0.2, 0.25) is 11.0 Å². The third-order valence-corrected chi connectivity index (χ3v) is 9.00. The fourth-order valence-electron chi connectivity index (χ4n) is 4.27. The molecule has 9 nitrogen and oxygen atoms in total. The minimum Gasteiger partial charge on any atom is -0.384 e. The van der Waals surface area contributed by atoms with Crippen molar-refractivity contribution < 1.29 is 14.0 Å². The molecular weight excluding hydrogens is 601 g/mol. The number of nitrogens with two attached hydrogens (primary N) is 1. The molecule has 188 valence electrons. The van der Waals surface area contributed by atoms with Gasteiger partial charge in [-0.15, -0.1) is 21.5 Å². The molecule has 2 aromatic heterocycles. The molecule has 0 saturated heterocycles. The highest BCUT2D eigenvalue weighted by Gasteiger charge is 2.42. The number of hydrogen-bond donors (Lipinski definition) is 2. The van der Waals surface area contributed by atoms with Gasteiger partial charge in [-0.1, -0.05) is 45.1 Å². The Morgan fingerprint density at radius 3 is 2.95 bits per heavy atom. The maximum Gasteiger partial charge on any atom is 0.236 e. The first kappa shape index (κ1) is 25.5. The summed E-state index contributed by atoms with van der Waals surface area (Å²) in [7, 11) is 0. The molecule has 1 amide bonds. The lowest BCUT2D eigenvalue weighted by molar-refractivity contribution is -0.116. The quantitative estimate of drug-likeness (QED) is 0.368. The van der Waals surface area contributed by atoms with Crippen LogP contribution in [0.15, 0.2) is 61.3 Å². The number of carbonyl (C=O) groups excluding carboxylic acids is 2. The van der Waals surface area contributed by atoms with Gasteiger partial charge < -0.3 is 11.1 Å². The number of Topliss-reactive ketones (excluding diaryl/α,β-unsaturated/α-hetero) is 1. The van der Waals surface area contributed by atoms with E-state index in [1.54, 1.807) is 28.6 Å². The van der Waals surface area contributed by atoms with Crippen molar-refractivity contribution >= 4 is 72.3 Å². The van der Waals surface area contributed by atoms with Crippen molar-refractivity contribution in [2.75, 3.05) is 16.0 Å². The van der Waals surface area contributed by atoms with Crippen molar-refractivity contribution in [2.45, 2.75) is 29.5 Å². The Kier molecular flexibility index (Phi) is 7.38. The van der Waals surface area contributed by atoms with Crippen LogP contribution in [0, 0.1) is 17.1 Å². The van der Waals surface area contributed by atoms with Crippen LogP contribution < -0.4 is 16.0 Å². The number of hydrogen-bond acceptors (Lipinski definition) is 11. The number of nitrogens with zero attached hydrogens (tertiary/aromatic N) is 5. The number of anilines is 2. The summed E-state index contributed by atoms with van der Waals surface area (Å²) in [6.45, 7) is 0. The molecule has 0 radical (unpaired) electrons. The van der Waals surface area contributed by atoms with Crippen LogP contribution in [0.2, 0.25) is 0 Å². The molecule has 1 aliphatic carbocycles. The number of halogens is 2. The van der Waals surface area contributed by atoms with Gasteiger partial charge in [0.05, 0.1) is 23.3 Å². The summed E-state index contributed by atoms with van der Waals surface area (Å²) in [5, 5.41) is 23.8. The van der Waals surface area contributed by atoms with Crippen molar-refractivity contribution in [1.82, 2.24) is 15.2 Å². The van der Waals surface area contributed by atoms with E-state index in [0.29, 0.717) is 49.6 Å². The molecule has 0 bridgehead atoms. The lowest BCUT2D eigenvalue weighted by atomic mass is 9.75. The fraction of sp³-hybridized carbons (Fsp3) is 0.217. The number of nitriles is 1. The summed E-state index contributed by atoms with van der Waals surface area (Å²) in [5.41, 5.74) is 7.73. The summed E-state index contributed by atoms with van der Waals surface area (Å²) >= 11 is 6.96. The molecule has 0 saturated carbocycles. The molecule has 3 N–H and O–H groups in total. The van der Waals surface area contributed by atoms with Crippen LogP contribution in [0.1, 0.15) is 30.7 Å². The van der Waals surface area contributed by atoms with Crippen LogP contribution in [0.3, 0.4) is 0 Å². The number of thioether (sulfide) groups is 1. The van der Waals surface area contributed by atoms with E-state index in [-0.39, 0.29) is 34.4 Å². The third-order valence-electron chi connectivity index (χ3n) is 5.78. The summed E-state index contributed by atoms with van der Waals surface area (Å²) in [5.74, 6) is -1.66. The number of benzene rings is 1. The first-order chi connectivity index (χ1) is 17.9. The zero-order valence-electron chi connectivity index (χ0n) is 18.9. The van der Waals surface area contributed by atoms with E-state index in [1.165, 1.54) is 40.5 Å². The van der Waals surface area contributed by atoms with Gasteiger partial charge in [-0.25, -0.2) is 9.37 Å². The van der Waals surface area contributed by atoms with Gasteiger partial charge in [0, 0.05) is 39.3 Å². The molecule has 1 unspecified atom stereocenters. The molecule has 1 aliphatic heterocycles. The Hall–Kier alpha value is -3.12. The molecule has 0 spiro atoms. The lowest BCUT2D eigenvalue weighted by Gasteiger charge is -2.38. The van der Waals surface area contributed by atoms with Gasteiger partial charge in [-0.3, -0.25) is 14.5 Å². The number of ketones is 1. The molecule has 1 atom stereocenters. The van der Waals surface area contributed by atoms with Gasteiger partial charge in [0.1, 0.15) is 11.6 Å². The SMILES string of the molecule is N#CC1=C(N)N(c2nnc(SCC(=O)Nc3nccs3)s2)C2=C(C(=O)CCC2)C1c1ccc(Br)cc1F. The molecule has 1 aromatic carbocycles. The molecule has 3 aromatic rings. The van der Waals surface area contributed by atoms with E-state index in [1.807, 2.05) is 0 Å². The van der Waals surface area contributed by atoms with E-state index >= 15 is 4.39 Å².